The number of nitrogens with zero attached hydrogens (tertiary/aromatic N) is 2. The predicted octanol–water partition coefficient (Wildman–Crippen LogP) is 3.84. The largest absolute Gasteiger partial charge is 0.478 e. The molecule has 0 bridgehead atoms. The van der Waals surface area contributed by atoms with Crippen LogP contribution in [0.5, 0.6) is 0 Å². The van der Waals surface area contributed by atoms with Crippen LogP contribution in [0.25, 0.3) is 0 Å². The molecule has 1 aromatic heterocycles. The normalized spacial score (nSPS) is 10.5. The van der Waals surface area contributed by atoms with Gasteiger partial charge in [0, 0.05) is 13.1 Å². The van der Waals surface area contributed by atoms with Crippen LogP contribution in [-0.2, 0) is 0 Å². The van der Waals surface area contributed by atoms with Crippen molar-refractivity contribution in [1.29, 1.82) is 0 Å². The van der Waals surface area contributed by atoms with Crippen LogP contribution in [-0.4, -0.2) is 29.1 Å². The number of carboxylic acids is 1. The van der Waals surface area contributed by atoms with Gasteiger partial charge in [-0.05, 0) is 25.0 Å². The van der Waals surface area contributed by atoms with E-state index in [9.17, 15) is 4.79 Å². The van der Waals surface area contributed by atoms with Gasteiger partial charge in [-0.1, -0.05) is 38.3 Å². The molecule has 0 atom stereocenters. The van der Waals surface area contributed by atoms with Crippen LogP contribution in [0.1, 0.15) is 49.9 Å². The fraction of sp³-hybridized carbons (Fsp3) is 0.571. The highest BCUT2D eigenvalue weighted by atomic mass is 35.5. The Kier molecular flexibility index (Phi) is 6.64. The van der Waals surface area contributed by atoms with E-state index in [0.717, 1.165) is 38.8 Å². The quantitative estimate of drug-likeness (QED) is 0.737. The molecule has 0 aliphatic heterocycles. The first-order chi connectivity index (χ1) is 9.08. The summed E-state index contributed by atoms with van der Waals surface area (Å²) in [5.41, 5.74) is 0.188. The number of hydrogen-bond acceptors (Lipinski definition) is 3. The lowest BCUT2D eigenvalue weighted by molar-refractivity contribution is 0.0697. The molecule has 4 nitrogen and oxygen atoms in total. The Morgan fingerprint density at radius 2 is 1.84 bits per heavy atom. The second kappa shape index (κ2) is 8.00. The number of carbonyl (C=O) groups is 1. The van der Waals surface area contributed by atoms with Crippen molar-refractivity contribution in [2.75, 3.05) is 18.0 Å². The van der Waals surface area contributed by atoms with E-state index in [-0.39, 0.29) is 10.7 Å². The molecule has 0 saturated carbocycles. The van der Waals surface area contributed by atoms with Crippen molar-refractivity contribution in [3.05, 3.63) is 22.8 Å². The number of halogens is 1. The summed E-state index contributed by atoms with van der Waals surface area (Å²) in [7, 11) is 0. The zero-order valence-electron chi connectivity index (χ0n) is 11.5. The minimum atomic E-state index is -0.975. The molecular formula is C14H21ClN2O2. The predicted molar refractivity (Wildman–Crippen MR) is 78.2 cm³/mol. The van der Waals surface area contributed by atoms with Gasteiger partial charge in [-0.25, -0.2) is 9.78 Å². The lowest BCUT2D eigenvalue weighted by Gasteiger charge is -2.23. The molecular weight excluding hydrogens is 264 g/mol. The highest BCUT2D eigenvalue weighted by molar-refractivity contribution is 6.29. The van der Waals surface area contributed by atoms with Gasteiger partial charge < -0.3 is 10.0 Å². The highest BCUT2D eigenvalue weighted by Crippen LogP contribution is 2.19. The molecule has 1 aromatic rings. The van der Waals surface area contributed by atoms with E-state index in [2.05, 4.69) is 23.7 Å². The Bertz CT molecular complexity index is 416. The first-order valence-electron chi connectivity index (χ1n) is 6.74. The van der Waals surface area contributed by atoms with Crippen LogP contribution in [0.2, 0.25) is 5.15 Å². The molecule has 1 heterocycles. The fourth-order valence-corrected chi connectivity index (χ4v) is 2.01. The average Bonchev–Trinajstić information content (AvgIpc) is 2.38. The van der Waals surface area contributed by atoms with Gasteiger partial charge in [0.25, 0.3) is 0 Å². The van der Waals surface area contributed by atoms with Crippen LogP contribution in [0.4, 0.5) is 5.82 Å². The lowest BCUT2D eigenvalue weighted by atomic mass is 10.2. The van der Waals surface area contributed by atoms with E-state index < -0.39 is 5.97 Å². The first kappa shape index (κ1) is 15.8. The van der Waals surface area contributed by atoms with Crippen LogP contribution in [0.3, 0.4) is 0 Å². The van der Waals surface area contributed by atoms with Crippen LogP contribution in [0, 0.1) is 0 Å². The lowest BCUT2D eigenvalue weighted by Crippen LogP contribution is -2.26. The molecule has 106 valence electrons. The number of carboxylic acid groups (broad SMARTS) is 1. The van der Waals surface area contributed by atoms with E-state index in [1.165, 1.54) is 6.07 Å². The number of aromatic nitrogens is 1. The number of aromatic carboxylic acids is 1. The molecule has 0 fully saturated rings. The molecule has 5 heteroatoms. The van der Waals surface area contributed by atoms with Crippen LogP contribution >= 0.6 is 11.6 Å². The summed E-state index contributed by atoms with van der Waals surface area (Å²) >= 11 is 5.91. The van der Waals surface area contributed by atoms with Crippen molar-refractivity contribution in [2.45, 2.75) is 39.5 Å². The third-order valence-corrected chi connectivity index (χ3v) is 3.11. The minimum absolute atomic E-state index is 0.188. The van der Waals surface area contributed by atoms with Gasteiger partial charge >= 0.3 is 5.97 Å². The first-order valence-corrected chi connectivity index (χ1v) is 7.12. The molecule has 0 aliphatic carbocycles. The van der Waals surface area contributed by atoms with E-state index >= 15 is 0 Å². The third kappa shape index (κ3) is 5.07. The fourth-order valence-electron chi connectivity index (χ4n) is 1.81. The van der Waals surface area contributed by atoms with E-state index in [4.69, 9.17) is 16.7 Å². The van der Waals surface area contributed by atoms with Crippen molar-refractivity contribution in [2.24, 2.45) is 0 Å². The Balaban J connectivity index is 2.95. The third-order valence-electron chi connectivity index (χ3n) is 2.91. The maximum Gasteiger partial charge on any atom is 0.335 e. The molecule has 0 amide bonds. The highest BCUT2D eigenvalue weighted by Gasteiger charge is 2.12. The number of unbranched alkanes of at least 4 members (excludes halogenated alkanes) is 2. The van der Waals surface area contributed by atoms with Crippen LogP contribution < -0.4 is 4.90 Å². The van der Waals surface area contributed by atoms with Crippen molar-refractivity contribution in [3.8, 4) is 0 Å². The Morgan fingerprint density at radius 1 is 1.26 bits per heavy atom. The van der Waals surface area contributed by atoms with Gasteiger partial charge in [0.2, 0.25) is 0 Å². The zero-order valence-corrected chi connectivity index (χ0v) is 12.3. The molecule has 0 saturated heterocycles. The monoisotopic (exact) mass is 284 g/mol. The van der Waals surface area contributed by atoms with E-state index in [1.807, 2.05) is 0 Å². The van der Waals surface area contributed by atoms with Crippen molar-refractivity contribution in [1.82, 2.24) is 4.98 Å². The summed E-state index contributed by atoms with van der Waals surface area (Å²) in [5.74, 6) is -0.316. The van der Waals surface area contributed by atoms with Gasteiger partial charge in [0.15, 0.2) is 0 Å². The Hall–Kier alpha value is -1.29. The van der Waals surface area contributed by atoms with E-state index in [1.54, 1.807) is 6.07 Å². The Morgan fingerprint density at radius 3 is 2.32 bits per heavy atom. The van der Waals surface area contributed by atoms with Crippen molar-refractivity contribution < 1.29 is 9.90 Å². The summed E-state index contributed by atoms with van der Waals surface area (Å²) in [6, 6.07) is 2.98. The Labute approximate surface area is 119 Å². The molecule has 0 aliphatic rings. The van der Waals surface area contributed by atoms with Gasteiger partial charge in [0.1, 0.15) is 11.0 Å². The van der Waals surface area contributed by atoms with Crippen LogP contribution in [0.15, 0.2) is 12.1 Å². The smallest absolute Gasteiger partial charge is 0.335 e. The maximum atomic E-state index is 11.1. The summed E-state index contributed by atoms with van der Waals surface area (Å²) in [6.07, 6.45) is 4.30. The summed E-state index contributed by atoms with van der Waals surface area (Å²) in [4.78, 5) is 17.4. The maximum absolute atomic E-state index is 11.1. The molecule has 0 unspecified atom stereocenters. The summed E-state index contributed by atoms with van der Waals surface area (Å²) in [6.45, 7) is 6.02. The zero-order chi connectivity index (χ0) is 14.3. The second-order valence-corrected chi connectivity index (χ2v) is 4.92. The number of hydrogen-bond donors (Lipinski definition) is 1. The molecule has 1 rings (SSSR count). The molecule has 0 radical (unpaired) electrons. The van der Waals surface area contributed by atoms with Gasteiger partial charge in [0.05, 0.1) is 5.56 Å². The minimum Gasteiger partial charge on any atom is -0.478 e. The average molecular weight is 285 g/mol. The molecule has 1 N–H and O–H groups in total. The molecule has 19 heavy (non-hydrogen) atoms. The number of anilines is 1. The molecule has 0 spiro atoms. The summed E-state index contributed by atoms with van der Waals surface area (Å²) < 4.78 is 0. The topological polar surface area (TPSA) is 53.4 Å². The van der Waals surface area contributed by atoms with Crippen molar-refractivity contribution >= 4 is 23.4 Å². The molecule has 0 aromatic carbocycles. The summed E-state index contributed by atoms with van der Waals surface area (Å²) in [5, 5.41) is 9.29. The number of pyridine rings is 1. The van der Waals surface area contributed by atoms with Crippen molar-refractivity contribution in [3.63, 3.8) is 0 Å². The number of rotatable bonds is 8. The van der Waals surface area contributed by atoms with Gasteiger partial charge in [-0.3, -0.25) is 0 Å². The van der Waals surface area contributed by atoms with Gasteiger partial charge in [-0.15, -0.1) is 0 Å². The van der Waals surface area contributed by atoms with E-state index in [0.29, 0.717) is 5.82 Å². The standard InChI is InChI=1S/C14H21ClN2O2/c1-3-5-7-17(8-6-4-2)13-10-11(14(18)19)9-12(15)16-13/h9-10H,3-8H2,1-2H3,(H,18,19). The SMILES string of the molecule is CCCCN(CCCC)c1cc(C(=O)O)cc(Cl)n1. The second-order valence-electron chi connectivity index (χ2n) is 4.54. The van der Waals surface area contributed by atoms with Gasteiger partial charge in [-0.2, -0.15) is 0 Å².